The number of nitrogens with one attached hydrogen (secondary N) is 3. The van der Waals surface area contributed by atoms with Crippen molar-refractivity contribution in [3.63, 3.8) is 0 Å². The fourth-order valence-corrected chi connectivity index (χ4v) is 10.4. The minimum atomic E-state index is -0.876. The van der Waals surface area contributed by atoms with Gasteiger partial charge >= 0.3 is 0 Å². The topological polar surface area (TPSA) is 194 Å². The van der Waals surface area contributed by atoms with Gasteiger partial charge in [-0.1, -0.05) is 132 Å². The summed E-state index contributed by atoms with van der Waals surface area (Å²) in [6.07, 6.45) is 2.04. The van der Waals surface area contributed by atoms with Gasteiger partial charge in [0.2, 0.25) is 5.88 Å². The summed E-state index contributed by atoms with van der Waals surface area (Å²) in [7, 11) is 0. The molecule has 0 unspecified atom stereocenters. The Morgan fingerprint density at radius 3 is 1.98 bits per heavy atom. The monoisotopic (exact) mass is 1140 g/mol. The molecular weight excluding hydrogens is 1080 g/mol. The maximum atomic E-state index is 12.2. The highest BCUT2D eigenvalue weighted by molar-refractivity contribution is 7.22. The molecule has 16 heteroatoms. The first-order chi connectivity index (χ1) is 39.8. The molecule has 0 atom stereocenters. The van der Waals surface area contributed by atoms with E-state index in [1.54, 1.807) is 55.0 Å². The van der Waals surface area contributed by atoms with Gasteiger partial charge in [-0.25, -0.2) is 4.98 Å². The number of rotatable bonds is 13. The van der Waals surface area contributed by atoms with Gasteiger partial charge in [0.15, 0.2) is 5.13 Å². The number of carbonyl (C=O) groups excluding carboxylic acids is 4. The van der Waals surface area contributed by atoms with Crippen LogP contribution >= 0.6 is 22.7 Å². The SMILES string of the molecule is CCC(=O)Cc1ccc2nn(-c3ccc(CC)cc3)nc2c1.Cc1cc(C)c2nc(NC(=O)c3sccc3C)sc2c1.Cc1ccc(C(=O)Nc2ccc(C(C)(C)O)cc2)cc1.Cc1cccc(C(=O)Nc2cc(-c3ccccc3)no2)c1. The molecule has 14 nitrogen and oxygen atoms in total. The summed E-state index contributed by atoms with van der Waals surface area (Å²) in [6, 6.07) is 53.6. The van der Waals surface area contributed by atoms with E-state index in [1.165, 1.54) is 33.8 Å². The molecule has 0 saturated heterocycles. The van der Waals surface area contributed by atoms with Gasteiger partial charge in [-0.05, 0) is 166 Å². The van der Waals surface area contributed by atoms with Gasteiger partial charge in [-0.15, -0.1) is 21.5 Å². The largest absolute Gasteiger partial charge is 0.386 e. The van der Waals surface area contributed by atoms with Crippen LogP contribution in [0.3, 0.4) is 0 Å². The Morgan fingerprint density at radius 1 is 0.614 bits per heavy atom. The maximum Gasteiger partial charge on any atom is 0.267 e. The predicted molar refractivity (Wildman–Crippen MR) is 335 cm³/mol. The summed E-state index contributed by atoms with van der Waals surface area (Å²) < 4.78 is 6.27. The number of thiophene rings is 1. The van der Waals surface area contributed by atoms with Crippen molar-refractivity contribution in [3.8, 4) is 16.9 Å². The van der Waals surface area contributed by atoms with Crippen LogP contribution in [0.15, 0.2) is 180 Å². The van der Waals surface area contributed by atoms with E-state index in [1.807, 2.05) is 149 Å². The molecule has 0 bridgehead atoms. The molecule has 11 aromatic rings. The highest BCUT2D eigenvalue weighted by Crippen LogP contribution is 2.31. The number of hydrogen-bond acceptors (Lipinski definition) is 12. The molecule has 83 heavy (non-hydrogen) atoms. The van der Waals surface area contributed by atoms with Gasteiger partial charge in [-0.2, -0.15) is 4.80 Å². The number of aromatic nitrogens is 5. The number of thiazole rings is 1. The van der Waals surface area contributed by atoms with Crippen molar-refractivity contribution in [1.29, 1.82) is 0 Å². The van der Waals surface area contributed by atoms with Crippen LogP contribution in [-0.2, 0) is 23.2 Å². The smallest absolute Gasteiger partial charge is 0.267 e. The summed E-state index contributed by atoms with van der Waals surface area (Å²) in [4.78, 5) is 54.8. The van der Waals surface area contributed by atoms with E-state index in [9.17, 15) is 24.3 Å². The molecule has 0 aliphatic rings. The summed E-state index contributed by atoms with van der Waals surface area (Å²) in [6.45, 7) is 17.5. The van der Waals surface area contributed by atoms with Crippen LogP contribution in [0, 0.1) is 34.6 Å². The molecule has 0 aliphatic carbocycles. The summed E-state index contributed by atoms with van der Waals surface area (Å²) in [5.41, 5.74) is 14.9. The predicted octanol–water partition coefficient (Wildman–Crippen LogP) is 15.4. The third-order valence-electron chi connectivity index (χ3n) is 13.2. The second kappa shape index (κ2) is 27.5. The van der Waals surface area contributed by atoms with Crippen LogP contribution in [0.4, 0.5) is 16.7 Å². The molecule has 4 aromatic heterocycles. The van der Waals surface area contributed by atoms with Gasteiger partial charge < -0.3 is 14.9 Å². The normalized spacial score (nSPS) is 10.9. The molecule has 0 fully saturated rings. The molecule has 7 aromatic carbocycles. The summed E-state index contributed by atoms with van der Waals surface area (Å²) in [5.74, 6) is 0.142. The Labute approximate surface area is 491 Å². The van der Waals surface area contributed by atoms with Crippen LogP contribution in [0.5, 0.6) is 0 Å². The lowest BCUT2D eigenvalue weighted by Gasteiger charge is -2.18. The zero-order chi connectivity index (χ0) is 59.2. The Morgan fingerprint density at radius 2 is 1.31 bits per heavy atom. The van der Waals surface area contributed by atoms with E-state index in [0.717, 1.165) is 77.2 Å². The van der Waals surface area contributed by atoms with Crippen molar-refractivity contribution < 1.29 is 28.8 Å². The quantitative estimate of drug-likeness (QED) is 0.0863. The van der Waals surface area contributed by atoms with Crippen molar-refractivity contribution in [2.75, 3.05) is 16.0 Å². The minimum absolute atomic E-state index is 0.0778. The van der Waals surface area contributed by atoms with E-state index in [0.29, 0.717) is 46.4 Å². The Kier molecular flexibility index (Phi) is 19.8. The Hall–Kier alpha value is -9.22. The second-order valence-corrected chi connectivity index (χ2v) is 22.4. The third-order valence-corrected chi connectivity index (χ3v) is 15.1. The van der Waals surface area contributed by atoms with E-state index in [4.69, 9.17) is 4.52 Å². The van der Waals surface area contributed by atoms with E-state index < -0.39 is 5.60 Å². The first-order valence-electron chi connectivity index (χ1n) is 27.1. The first kappa shape index (κ1) is 59.9. The van der Waals surface area contributed by atoms with Gasteiger partial charge in [0.25, 0.3) is 17.7 Å². The summed E-state index contributed by atoms with van der Waals surface area (Å²) in [5, 5.41) is 33.9. The molecule has 422 valence electrons. The van der Waals surface area contributed by atoms with Crippen LogP contribution in [0.1, 0.15) is 109 Å². The highest BCUT2D eigenvalue weighted by atomic mass is 32.1. The lowest BCUT2D eigenvalue weighted by molar-refractivity contribution is -0.118. The average Bonchev–Trinajstić information content (AvgIpc) is 4.40. The van der Waals surface area contributed by atoms with Crippen LogP contribution in [0.2, 0.25) is 0 Å². The van der Waals surface area contributed by atoms with Gasteiger partial charge in [0, 0.05) is 41.3 Å². The van der Waals surface area contributed by atoms with E-state index in [-0.39, 0.29) is 23.5 Å². The lowest BCUT2D eigenvalue weighted by atomic mass is 9.98. The Bertz CT molecular complexity index is 4010. The molecule has 0 aliphatic heterocycles. The molecule has 4 N–H and O–H groups in total. The average molecular weight is 1140 g/mol. The number of fused-ring (bicyclic) bond motifs is 2. The summed E-state index contributed by atoms with van der Waals surface area (Å²) >= 11 is 2.97. The zero-order valence-electron chi connectivity index (χ0n) is 47.9. The van der Waals surface area contributed by atoms with Gasteiger partial charge in [0.05, 0.1) is 26.4 Å². The number of aliphatic hydroxyl groups is 1. The fourth-order valence-electron chi connectivity index (χ4n) is 8.51. The van der Waals surface area contributed by atoms with Crippen molar-refractivity contribution >= 4 is 84.1 Å². The number of nitrogens with zero attached hydrogens (tertiary/aromatic N) is 5. The number of ketones is 1. The number of carbonyl (C=O) groups is 4. The van der Waals surface area contributed by atoms with Gasteiger partial charge in [-0.3, -0.25) is 29.8 Å². The van der Waals surface area contributed by atoms with Crippen LogP contribution in [-0.4, -0.2) is 53.7 Å². The number of Topliss-reactive ketones (excluding diaryl/α,β-unsaturated/α-hetero) is 1. The minimum Gasteiger partial charge on any atom is -0.386 e. The molecule has 11 rings (SSSR count). The number of benzene rings is 7. The number of amides is 3. The molecule has 4 heterocycles. The van der Waals surface area contributed by atoms with Crippen molar-refractivity contribution in [1.82, 2.24) is 25.1 Å². The zero-order valence-corrected chi connectivity index (χ0v) is 49.5. The molecule has 3 amide bonds. The second-order valence-electron chi connectivity index (χ2n) is 20.5. The van der Waals surface area contributed by atoms with Gasteiger partial charge in [0.1, 0.15) is 22.5 Å². The van der Waals surface area contributed by atoms with Crippen LogP contribution < -0.4 is 16.0 Å². The standard InChI is InChI=1S/C18H19N3O.C17H14N2O2.C17H19NO2.C15H14N2OS2/c1-3-13-5-8-15(9-6-13)21-19-17-10-7-14(11-16(22)4-2)12-18(17)20-21;1-12-6-5-9-14(10-12)17(20)18-16-11-15(19-21-16)13-7-3-2-4-8-13;1-12-4-6-13(7-5-12)16(19)18-15-10-8-14(9-11-15)17(2,3)20;1-8-6-10(3)12-11(7-8)20-15(16-12)17-14(18)13-9(2)4-5-19-13/h5-10,12H,3-4,11H2,1-2H3;2-11H,1H3,(H,18,20);4-11,20H,1-3H3,(H,18,19);4-7H,1-3H3,(H,16,17,18). The molecule has 0 radical (unpaired) electrons. The number of anilines is 3. The fraction of sp³-hybridized carbons (Fsp3) is 0.194. The van der Waals surface area contributed by atoms with Crippen molar-refractivity contribution in [2.45, 2.75) is 87.2 Å². The Balaban J connectivity index is 0.000000145. The van der Waals surface area contributed by atoms with Crippen LogP contribution in [0.25, 0.3) is 38.2 Å². The third kappa shape index (κ3) is 16.5. The molecular formula is C67H66N8O6S2. The van der Waals surface area contributed by atoms with E-state index in [2.05, 4.69) is 74.4 Å². The van der Waals surface area contributed by atoms with Crippen molar-refractivity contribution in [3.05, 3.63) is 236 Å². The highest BCUT2D eigenvalue weighted by Gasteiger charge is 2.17. The van der Waals surface area contributed by atoms with Crippen molar-refractivity contribution in [2.24, 2.45) is 0 Å². The lowest BCUT2D eigenvalue weighted by Crippen LogP contribution is -2.16. The number of aryl methyl sites for hydroxylation is 6. The molecule has 0 saturated carbocycles. The number of hydrogen-bond donors (Lipinski definition) is 4. The first-order valence-corrected chi connectivity index (χ1v) is 28.8. The maximum absolute atomic E-state index is 12.2. The molecule has 0 spiro atoms. The van der Waals surface area contributed by atoms with E-state index >= 15 is 0 Å².